The molecule has 0 radical (unpaired) electrons. The largest absolute Gasteiger partial charge is 0.165 e. The van der Waals surface area contributed by atoms with Crippen molar-refractivity contribution in [1.82, 2.24) is 0 Å². The molecule has 2 aliphatic rings. The zero-order valence-corrected chi connectivity index (χ0v) is 14.9. The molecule has 2 bridgehead atoms. The average molecular weight is 303 g/mol. The lowest BCUT2D eigenvalue weighted by molar-refractivity contribution is -0.00516. The summed E-state index contributed by atoms with van der Waals surface area (Å²) in [5.41, 5.74) is 2.58. The number of thioether (sulfide) groups is 1. The Morgan fingerprint density at radius 1 is 1.10 bits per heavy atom. The van der Waals surface area contributed by atoms with Gasteiger partial charge in [0.2, 0.25) is 0 Å². The summed E-state index contributed by atoms with van der Waals surface area (Å²) in [4.78, 5) is 0. The lowest BCUT2D eigenvalue weighted by Crippen LogP contribution is -2.50. The summed E-state index contributed by atoms with van der Waals surface area (Å²) in [5.74, 6) is 3.99. The highest BCUT2D eigenvalue weighted by Crippen LogP contribution is 2.60. The van der Waals surface area contributed by atoms with Gasteiger partial charge in [0.25, 0.3) is 0 Å². The van der Waals surface area contributed by atoms with Gasteiger partial charge in [-0.1, -0.05) is 51.1 Å². The van der Waals surface area contributed by atoms with Crippen LogP contribution < -0.4 is 0 Å². The van der Waals surface area contributed by atoms with Gasteiger partial charge in [0.05, 0.1) is 0 Å². The second kappa shape index (κ2) is 5.65. The summed E-state index contributed by atoms with van der Waals surface area (Å²) < 4.78 is 0. The van der Waals surface area contributed by atoms with Gasteiger partial charge in [-0.3, -0.25) is 0 Å². The predicted molar refractivity (Wildman–Crippen MR) is 94.9 cm³/mol. The fourth-order valence-corrected chi connectivity index (χ4v) is 6.47. The third-order valence-electron chi connectivity index (χ3n) is 6.41. The average Bonchev–Trinajstić information content (AvgIpc) is 2.45. The molecule has 2 fully saturated rings. The fraction of sp³-hybridized carbons (Fsp3) is 0.700. The molecule has 1 heteroatoms. The molecule has 21 heavy (non-hydrogen) atoms. The first-order valence-electron chi connectivity index (χ1n) is 8.53. The maximum Gasteiger partial charge on any atom is -0.00158 e. The first kappa shape index (κ1) is 15.5. The van der Waals surface area contributed by atoms with Gasteiger partial charge in [-0.25, -0.2) is 0 Å². The van der Waals surface area contributed by atoms with Gasteiger partial charge in [-0.05, 0) is 71.8 Å². The van der Waals surface area contributed by atoms with E-state index in [9.17, 15) is 0 Å². The van der Waals surface area contributed by atoms with E-state index in [0.717, 1.165) is 17.8 Å². The number of hydrogen-bond acceptors (Lipinski definition) is 1. The van der Waals surface area contributed by atoms with Gasteiger partial charge in [-0.15, -0.1) is 0 Å². The number of fused-ring (bicyclic) bond motifs is 2. The number of hydrogen-bond donors (Lipinski definition) is 0. The normalized spacial score (nSPS) is 42.8. The Balaban J connectivity index is 2.00. The van der Waals surface area contributed by atoms with Crippen LogP contribution in [0.4, 0.5) is 0 Å². The van der Waals surface area contributed by atoms with Crippen molar-refractivity contribution in [3.05, 3.63) is 35.9 Å². The molecule has 2 saturated carbocycles. The summed E-state index contributed by atoms with van der Waals surface area (Å²) in [6.07, 6.45) is 7.91. The quantitative estimate of drug-likeness (QED) is 0.683. The molecule has 0 aromatic heterocycles. The van der Waals surface area contributed by atoms with E-state index in [1.807, 2.05) is 11.8 Å². The van der Waals surface area contributed by atoms with Crippen LogP contribution in [0.2, 0.25) is 0 Å². The van der Waals surface area contributed by atoms with Crippen molar-refractivity contribution in [3.8, 4) is 0 Å². The van der Waals surface area contributed by atoms with Crippen molar-refractivity contribution in [3.63, 3.8) is 0 Å². The molecular weight excluding hydrogens is 272 g/mol. The van der Waals surface area contributed by atoms with Crippen LogP contribution in [-0.4, -0.2) is 12.0 Å². The minimum Gasteiger partial charge on any atom is -0.165 e. The van der Waals surface area contributed by atoms with Gasteiger partial charge in [0.1, 0.15) is 0 Å². The van der Waals surface area contributed by atoms with Crippen molar-refractivity contribution < 1.29 is 0 Å². The smallest absolute Gasteiger partial charge is 0.00158 e. The molecule has 0 nitrogen and oxygen atoms in total. The molecule has 3 rings (SSSR count). The topological polar surface area (TPSA) is 0 Å². The zero-order valence-electron chi connectivity index (χ0n) is 14.1. The maximum atomic E-state index is 2.55. The Kier molecular flexibility index (Phi) is 4.16. The molecular formula is C20H30S. The van der Waals surface area contributed by atoms with Crippen LogP contribution in [0.3, 0.4) is 0 Å². The Morgan fingerprint density at radius 2 is 1.81 bits per heavy atom. The van der Waals surface area contributed by atoms with Gasteiger partial charge in [0.15, 0.2) is 0 Å². The molecule has 0 saturated heterocycles. The molecule has 0 heterocycles. The minimum atomic E-state index is 0.445. The fourth-order valence-electron chi connectivity index (χ4n) is 5.55. The van der Waals surface area contributed by atoms with Crippen molar-refractivity contribution >= 4 is 11.8 Å². The number of benzene rings is 1. The van der Waals surface area contributed by atoms with E-state index in [0.29, 0.717) is 10.8 Å². The monoisotopic (exact) mass is 302 g/mol. The van der Waals surface area contributed by atoms with Crippen molar-refractivity contribution in [2.75, 3.05) is 12.0 Å². The summed E-state index contributed by atoms with van der Waals surface area (Å²) in [7, 11) is 0. The zero-order chi connectivity index (χ0) is 15.1. The van der Waals surface area contributed by atoms with Crippen LogP contribution in [-0.2, 0) is 5.41 Å². The Bertz CT molecular complexity index is 478. The van der Waals surface area contributed by atoms with Crippen molar-refractivity contribution in [1.29, 1.82) is 0 Å². The highest BCUT2D eigenvalue weighted by atomic mass is 32.2. The van der Waals surface area contributed by atoms with E-state index < -0.39 is 0 Å². The van der Waals surface area contributed by atoms with Crippen LogP contribution in [0, 0.1) is 23.2 Å². The Morgan fingerprint density at radius 3 is 2.48 bits per heavy atom. The van der Waals surface area contributed by atoms with Crippen LogP contribution in [0.1, 0.15) is 52.0 Å². The van der Waals surface area contributed by atoms with Gasteiger partial charge in [-0.2, -0.15) is 11.8 Å². The summed E-state index contributed by atoms with van der Waals surface area (Å²) >= 11 is 2.04. The molecule has 116 valence electrons. The second-order valence-electron chi connectivity index (χ2n) is 8.28. The first-order valence-corrected chi connectivity index (χ1v) is 9.92. The van der Waals surface area contributed by atoms with Crippen LogP contribution in [0.5, 0.6) is 0 Å². The summed E-state index contributed by atoms with van der Waals surface area (Å²) in [5, 5.41) is 0. The molecule has 0 spiro atoms. The van der Waals surface area contributed by atoms with Gasteiger partial charge in [0, 0.05) is 0 Å². The van der Waals surface area contributed by atoms with E-state index in [4.69, 9.17) is 0 Å². The van der Waals surface area contributed by atoms with E-state index >= 15 is 0 Å². The Hall–Kier alpha value is -0.430. The SMILES string of the molecule is CSCC1(C)CC2CC(c3ccccc3)(CC(C)C2C)C1. The predicted octanol–water partition coefficient (Wildman–Crippen LogP) is 5.77. The highest BCUT2D eigenvalue weighted by Gasteiger charge is 2.52. The van der Waals surface area contributed by atoms with Crippen LogP contribution >= 0.6 is 11.8 Å². The van der Waals surface area contributed by atoms with Gasteiger partial charge < -0.3 is 0 Å². The van der Waals surface area contributed by atoms with Crippen LogP contribution in [0.15, 0.2) is 30.3 Å². The number of rotatable bonds is 3. The molecule has 5 atom stereocenters. The standard InChI is InChI=1S/C20H30S/c1-15-10-20(18-8-6-5-7-9-18)12-17(16(15)2)11-19(3,13-20)14-21-4/h5-9,15-17H,10-14H2,1-4H3. The second-order valence-corrected chi connectivity index (χ2v) is 9.14. The Labute approximate surface area is 135 Å². The third-order valence-corrected chi connectivity index (χ3v) is 7.39. The molecule has 2 aliphatic carbocycles. The lowest BCUT2D eigenvalue weighted by Gasteiger charge is -2.57. The van der Waals surface area contributed by atoms with E-state index in [1.54, 1.807) is 5.56 Å². The molecule has 1 aromatic carbocycles. The summed E-state index contributed by atoms with van der Waals surface area (Å²) in [6, 6.07) is 11.4. The molecule has 0 aliphatic heterocycles. The van der Waals surface area contributed by atoms with Crippen LogP contribution in [0.25, 0.3) is 0 Å². The maximum absolute atomic E-state index is 2.55. The van der Waals surface area contributed by atoms with E-state index in [1.165, 1.54) is 31.4 Å². The first-order chi connectivity index (χ1) is 9.98. The summed E-state index contributed by atoms with van der Waals surface area (Å²) in [6.45, 7) is 7.55. The van der Waals surface area contributed by atoms with E-state index in [-0.39, 0.29) is 0 Å². The third kappa shape index (κ3) is 2.79. The molecule has 5 unspecified atom stereocenters. The van der Waals surface area contributed by atoms with Gasteiger partial charge >= 0.3 is 0 Å². The van der Waals surface area contributed by atoms with E-state index in [2.05, 4.69) is 57.4 Å². The van der Waals surface area contributed by atoms with Crippen molar-refractivity contribution in [2.24, 2.45) is 23.2 Å². The molecule has 1 aromatic rings. The van der Waals surface area contributed by atoms with Crippen molar-refractivity contribution in [2.45, 2.75) is 51.9 Å². The molecule has 0 N–H and O–H groups in total. The minimum absolute atomic E-state index is 0.445. The lowest BCUT2D eigenvalue weighted by atomic mass is 9.48. The highest BCUT2D eigenvalue weighted by molar-refractivity contribution is 7.98. The molecule has 0 amide bonds.